The number of aliphatic hydroxyl groups excluding tert-OH is 1. The van der Waals surface area contributed by atoms with Gasteiger partial charge in [-0.1, -0.05) is 18.2 Å². The first-order valence-corrected chi connectivity index (χ1v) is 8.91. The van der Waals surface area contributed by atoms with Crippen LogP contribution < -0.4 is 14.2 Å². The number of para-hydroxylation sites is 2. The molecule has 1 heterocycles. The highest BCUT2D eigenvalue weighted by Crippen LogP contribution is 2.38. The van der Waals surface area contributed by atoms with Gasteiger partial charge in [-0.05, 0) is 48.9 Å². The minimum atomic E-state index is -0.656. The number of phenolic OH excluding ortho intramolecular Hbond substituents is 1. The van der Waals surface area contributed by atoms with Gasteiger partial charge in [-0.2, -0.15) is 0 Å². The van der Waals surface area contributed by atoms with Gasteiger partial charge >= 0.3 is 0 Å². The number of aromatic hydroxyl groups is 1. The molecule has 0 spiro atoms. The van der Waals surface area contributed by atoms with Crippen LogP contribution in [0.25, 0.3) is 0 Å². The molecule has 0 aliphatic carbocycles. The number of hydrogen-bond acceptors (Lipinski definition) is 6. The van der Waals surface area contributed by atoms with Crippen molar-refractivity contribution in [2.75, 3.05) is 20.8 Å². The zero-order chi connectivity index (χ0) is 20.1. The highest BCUT2D eigenvalue weighted by molar-refractivity contribution is 5.45. The fraction of sp³-hybridized carbons (Fsp3) is 0.273. The molecule has 28 heavy (non-hydrogen) atoms. The molecule has 2 unspecified atom stereocenters. The first kappa shape index (κ1) is 19.6. The van der Waals surface area contributed by atoms with Gasteiger partial charge in [0.1, 0.15) is 17.6 Å². The van der Waals surface area contributed by atoms with Gasteiger partial charge in [-0.15, -0.1) is 0 Å². The summed E-state index contributed by atoms with van der Waals surface area (Å²) >= 11 is 0. The Hall–Kier alpha value is -3.12. The molecule has 148 valence electrons. The van der Waals surface area contributed by atoms with Crippen LogP contribution in [0.3, 0.4) is 0 Å². The van der Waals surface area contributed by atoms with Crippen molar-refractivity contribution >= 4 is 0 Å². The lowest BCUT2D eigenvalue weighted by Gasteiger charge is -2.26. The Kier molecular flexibility index (Phi) is 6.11. The Morgan fingerprint density at radius 1 is 0.929 bits per heavy atom. The zero-order valence-corrected chi connectivity index (χ0v) is 16.1. The minimum Gasteiger partial charge on any atom is -0.504 e. The van der Waals surface area contributed by atoms with E-state index in [1.807, 2.05) is 31.2 Å². The number of rotatable bonds is 8. The van der Waals surface area contributed by atoms with Gasteiger partial charge < -0.3 is 28.8 Å². The molecule has 0 aliphatic rings. The molecule has 6 nitrogen and oxygen atoms in total. The van der Waals surface area contributed by atoms with Crippen molar-refractivity contribution in [3.05, 3.63) is 71.7 Å². The summed E-state index contributed by atoms with van der Waals surface area (Å²) in [6, 6.07) is 16.0. The lowest BCUT2D eigenvalue weighted by atomic mass is 9.90. The molecular weight excluding hydrogens is 360 g/mol. The van der Waals surface area contributed by atoms with Gasteiger partial charge in [0, 0.05) is 0 Å². The topological polar surface area (TPSA) is 81.3 Å². The van der Waals surface area contributed by atoms with Gasteiger partial charge in [-0.25, -0.2) is 0 Å². The normalized spacial score (nSPS) is 13.0. The highest BCUT2D eigenvalue weighted by atomic mass is 16.5. The van der Waals surface area contributed by atoms with Crippen LogP contribution in [0.15, 0.2) is 59.0 Å². The molecule has 0 radical (unpaired) electrons. The molecule has 0 aliphatic heterocycles. The van der Waals surface area contributed by atoms with E-state index in [1.165, 1.54) is 7.11 Å². The van der Waals surface area contributed by atoms with Gasteiger partial charge in [0.05, 0.1) is 26.7 Å². The third kappa shape index (κ3) is 4.07. The first-order chi connectivity index (χ1) is 13.6. The largest absolute Gasteiger partial charge is 0.504 e. The van der Waals surface area contributed by atoms with Crippen LogP contribution in [0.1, 0.15) is 23.0 Å². The van der Waals surface area contributed by atoms with E-state index in [0.717, 1.165) is 11.3 Å². The van der Waals surface area contributed by atoms with Crippen molar-refractivity contribution in [1.82, 2.24) is 0 Å². The average Bonchev–Trinajstić information content (AvgIpc) is 3.14. The van der Waals surface area contributed by atoms with Crippen LogP contribution in [-0.2, 0) is 0 Å². The van der Waals surface area contributed by atoms with E-state index in [4.69, 9.17) is 18.6 Å². The lowest BCUT2D eigenvalue weighted by Crippen LogP contribution is -2.30. The van der Waals surface area contributed by atoms with Crippen molar-refractivity contribution in [1.29, 1.82) is 0 Å². The maximum atomic E-state index is 10.1. The Morgan fingerprint density at radius 2 is 1.64 bits per heavy atom. The molecule has 0 saturated carbocycles. The number of aryl methyl sites for hydroxylation is 1. The molecule has 2 N–H and O–H groups in total. The third-order valence-electron chi connectivity index (χ3n) is 4.53. The SMILES string of the molecule is COc1cc(C(c2ccc(C)o2)C(CO)Oc2ccccc2OC)ccc1O. The van der Waals surface area contributed by atoms with Crippen LogP contribution in [0, 0.1) is 6.92 Å². The van der Waals surface area contributed by atoms with E-state index >= 15 is 0 Å². The number of benzene rings is 2. The molecule has 3 rings (SSSR count). The molecule has 1 aromatic heterocycles. The number of phenols is 1. The quantitative estimate of drug-likeness (QED) is 0.613. The fourth-order valence-corrected chi connectivity index (χ4v) is 3.16. The zero-order valence-electron chi connectivity index (χ0n) is 16.1. The summed E-state index contributed by atoms with van der Waals surface area (Å²) in [5.74, 6) is 2.41. The standard InChI is InChI=1S/C22H24O6/c1-14-8-11-19(27-14)22(15-9-10-16(24)20(12-15)26-3)21(13-23)28-18-7-5-4-6-17(18)25-2/h4-12,21-24H,13H2,1-3H3. The van der Waals surface area contributed by atoms with E-state index in [-0.39, 0.29) is 12.4 Å². The Labute approximate surface area is 163 Å². The van der Waals surface area contributed by atoms with Crippen molar-refractivity contribution in [3.63, 3.8) is 0 Å². The molecular formula is C22H24O6. The summed E-state index contributed by atoms with van der Waals surface area (Å²) in [6.45, 7) is 1.60. The van der Waals surface area contributed by atoms with E-state index in [2.05, 4.69) is 0 Å². The second-order valence-corrected chi connectivity index (χ2v) is 6.35. The molecule has 0 saturated heterocycles. The third-order valence-corrected chi connectivity index (χ3v) is 4.53. The number of ether oxygens (including phenoxy) is 3. The van der Waals surface area contributed by atoms with Gasteiger partial charge in [0.15, 0.2) is 23.0 Å². The molecule has 3 aromatic rings. The fourth-order valence-electron chi connectivity index (χ4n) is 3.16. The van der Waals surface area contributed by atoms with E-state index in [0.29, 0.717) is 23.0 Å². The smallest absolute Gasteiger partial charge is 0.161 e. The van der Waals surface area contributed by atoms with Crippen molar-refractivity contribution in [2.24, 2.45) is 0 Å². The van der Waals surface area contributed by atoms with Crippen LogP contribution in [-0.4, -0.2) is 37.1 Å². The van der Waals surface area contributed by atoms with Gasteiger partial charge in [0.2, 0.25) is 0 Å². The molecule has 2 atom stereocenters. The average molecular weight is 384 g/mol. The maximum absolute atomic E-state index is 10.1. The maximum Gasteiger partial charge on any atom is 0.161 e. The second-order valence-electron chi connectivity index (χ2n) is 6.35. The van der Waals surface area contributed by atoms with Crippen molar-refractivity contribution < 1.29 is 28.8 Å². The Morgan fingerprint density at radius 3 is 2.25 bits per heavy atom. The van der Waals surface area contributed by atoms with Crippen molar-refractivity contribution in [3.8, 4) is 23.0 Å². The number of aliphatic hydroxyl groups is 1. The summed E-state index contributed by atoms with van der Waals surface area (Å²) < 4.78 is 22.6. The van der Waals surface area contributed by atoms with Gasteiger partial charge in [-0.3, -0.25) is 0 Å². The molecule has 2 aromatic carbocycles. The number of hydrogen-bond donors (Lipinski definition) is 2. The van der Waals surface area contributed by atoms with E-state index in [1.54, 1.807) is 37.4 Å². The lowest BCUT2D eigenvalue weighted by molar-refractivity contribution is 0.0938. The second kappa shape index (κ2) is 8.71. The molecule has 0 amide bonds. The summed E-state index contributed by atoms with van der Waals surface area (Å²) in [4.78, 5) is 0. The van der Waals surface area contributed by atoms with E-state index in [9.17, 15) is 10.2 Å². The predicted molar refractivity (Wildman–Crippen MR) is 104 cm³/mol. The molecule has 0 bridgehead atoms. The molecule has 0 fully saturated rings. The summed E-state index contributed by atoms with van der Waals surface area (Å²) in [6.07, 6.45) is -0.656. The minimum absolute atomic E-state index is 0.0341. The monoisotopic (exact) mass is 384 g/mol. The Bertz CT molecular complexity index is 917. The summed E-state index contributed by atoms with van der Waals surface area (Å²) in [5.41, 5.74) is 0.776. The number of furan rings is 1. The van der Waals surface area contributed by atoms with E-state index < -0.39 is 12.0 Å². The predicted octanol–water partition coefficient (Wildman–Crippen LogP) is 3.88. The number of methoxy groups -OCH3 is 2. The van der Waals surface area contributed by atoms with Crippen LogP contribution in [0.2, 0.25) is 0 Å². The first-order valence-electron chi connectivity index (χ1n) is 8.91. The van der Waals surface area contributed by atoms with Crippen LogP contribution in [0.4, 0.5) is 0 Å². The van der Waals surface area contributed by atoms with Crippen LogP contribution >= 0.6 is 0 Å². The van der Waals surface area contributed by atoms with Crippen LogP contribution in [0.5, 0.6) is 23.0 Å². The highest BCUT2D eigenvalue weighted by Gasteiger charge is 2.30. The molecule has 6 heteroatoms. The summed E-state index contributed by atoms with van der Waals surface area (Å²) in [7, 11) is 3.05. The van der Waals surface area contributed by atoms with Gasteiger partial charge in [0.25, 0.3) is 0 Å². The Balaban J connectivity index is 2.04. The summed E-state index contributed by atoms with van der Waals surface area (Å²) in [5, 5.41) is 20.1. The van der Waals surface area contributed by atoms with Crippen molar-refractivity contribution in [2.45, 2.75) is 18.9 Å².